The van der Waals surface area contributed by atoms with Crippen LogP contribution in [-0.4, -0.2) is 103 Å². The second-order valence-corrected chi connectivity index (χ2v) is 23.5. The van der Waals surface area contributed by atoms with Crippen LogP contribution in [0.4, 0.5) is 23.3 Å². The monoisotopic (exact) mass is 922 g/mol. The van der Waals surface area contributed by atoms with Gasteiger partial charge in [0.2, 0.25) is 11.9 Å². The summed E-state index contributed by atoms with van der Waals surface area (Å²) in [6.45, 7) is 7.98. The predicted octanol–water partition coefficient (Wildman–Crippen LogP) is 8.15. The third-order valence-electron chi connectivity index (χ3n) is 12.3. The Kier molecular flexibility index (Phi) is 13.0. The Labute approximate surface area is 379 Å². The standard InChI is InChI=1S/C22H27N7O2S.C21H25N7O2S.C2H6/c1-14-11-17-18(24-8-7-23-17)12-16(14)26-21-25-13-19-20(27-21)29(22(30)28(19)2)15-5-4-9-32(3,31)10-6-15;1-13-10-16-17(23-7-6-22-16)11-15(13)25-20-24-12-18-19(26-20)28(21(29)27(18)2)14-4-8-31(3,30)9-5-14;1-2/h7-8,11-13,15,31H,4-6,9-10H2,1-3H3,(H,25,26,27);6-7,10-12,14,30H,4-5,8-9H2,1-3H3,(H,24,25,26);1-2H3. The van der Waals surface area contributed by atoms with E-state index in [9.17, 15) is 18.7 Å². The fourth-order valence-electron chi connectivity index (χ4n) is 8.60. The first-order valence-electron chi connectivity index (χ1n) is 21.9. The van der Waals surface area contributed by atoms with Crippen molar-refractivity contribution in [2.75, 3.05) is 46.2 Å². The molecule has 4 N–H and O–H groups in total. The lowest BCUT2D eigenvalue weighted by atomic mass is 10.1. The topological polar surface area (TPSA) is 222 Å². The first kappa shape index (κ1) is 45.6. The van der Waals surface area contributed by atoms with Gasteiger partial charge in [-0.1, -0.05) is 13.8 Å². The number of fused-ring (bicyclic) bond motifs is 4. The molecule has 2 aromatic carbocycles. The Balaban J connectivity index is 0.000000171. The van der Waals surface area contributed by atoms with Gasteiger partial charge in [-0.3, -0.25) is 38.2 Å². The van der Waals surface area contributed by atoms with Crippen LogP contribution in [0.1, 0.15) is 69.2 Å². The van der Waals surface area contributed by atoms with E-state index in [-0.39, 0.29) is 23.5 Å². The van der Waals surface area contributed by atoms with Gasteiger partial charge >= 0.3 is 11.4 Å². The molecule has 2 aliphatic rings. The molecule has 344 valence electrons. The van der Waals surface area contributed by atoms with Crippen LogP contribution in [0.3, 0.4) is 0 Å². The summed E-state index contributed by atoms with van der Waals surface area (Å²) in [5.41, 5.74) is 9.35. The minimum absolute atomic E-state index is 0.0214. The van der Waals surface area contributed by atoms with Crippen molar-refractivity contribution in [1.82, 2.24) is 58.1 Å². The molecule has 0 bridgehead atoms. The molecule has 2 fully saturated rings. The number of rotatable bonds is 6. The van der Waals surface area contributed by atoms with Gasteiger partial charge in [-0.2, -0.15) is 9.97 Å². The summed E-state index contributed by atoms with van der Waals surface area (Å²) in [6.07, 6.45) is 18.0. The molecule has 10 rings (SSSR count). The molecule has 2 aliphatic heterocycles. The maximum atomic E-state index is 13.1. The molecule has 8 heterocycles. The van der Waals surface area contributed by atoms with E-state index >= 15 is 0 Å². The van der Waals surface area contributed by atoms with Crippen molar-refractivity contribution in [3.05, 3.63) is 93.5 Å². The lowest BCUT2D eigenvalue weighted by molar-refractivity contribution is 0.444. The first-order valence-corrected chi connectivity index (χ1v) is 26.6. The summed E-state index contributed by atoms with van der Waals surface area (Å²) in [7, 11) is 0.394. The number of imidazole rings is 2. The molecule has 8 aromatic rings. The lowest BCUT2D eigenvalue weighted by Gasteiger charge is -2.37. The van der Waals surface area contributed by atoms with Crippen molar-refractivity contribution < 1.29 is 9.11 Å². The summed E-state index contributed by atoms with van der Waals surface area (Å²) in [5.74, 6) is 3.91. The molecule has 0 aliphatic carbocycles. The Hall–Kier alpha value is -5.96. The first-order chi connectivity index (χ1) is 31.1. The van der Waals surface area contributed by atoms with Crippen LogP contribution >= 0.6 is 20.6 Å². The minimum Gasteiger partial charge on any atom is -0.352 e. The van der Waals surface area contributed by atoms with Gasteiger partial charge in [0.05, 0.1) is 34.5 Å². The summed E-state index contributed by atoms with van der Waals surface area (Å²) in [5, 5.41) is 6.57. The minimum atomic E-state index is -1.57. The maximum absolute atomic E-state index is 13.1. The van der Waals surface area contributed by atoms with Gasteiger partial charge in [-0.05, 0) is 99.6 Å². The van der Waals surface area contributed by atoms with Crippen molar-refractivity contribution in [3.8, 4) is 0 Å². The number of hydrogen-bond donors (Lipinski definition) is 4. The summed E-state index contributed by atoms with van der Waals surface area (Å²) in [6, 6.07) is 7.85. The largest absolute Gasteiger partial charge is 0.352 e. The average Bonchev–Trinajstić information content (AvgIpc) is 3.59. The van der Waals surface area contributed by atoms with Crippen molar-refractivity contribution in [1.29, 1.82) is 0 Å². The van der Waals surface area contributed by atoms with E-state index < -0.39 is 20.6 Å². The second kappa shape index (κ2) is 18.5. The number of hydrogen-bond acceptors (Lipinski definition) is 14. The second-order valence-electron chi connectivity index (χ2n) is 17.0. The Bertz CT molecular complexity index is 3150. The molecule has 20 heteroatoms. The van der Waals surface area contributed by atoms with E-state index in [2.05, 4.69) is 40.5 Å². The number of benzene rings is 2. The molecule has 6 aromatic heterocycles. The Morgan fingerprint density at radius 2 is 0.938 bits per heavy atom. The molecule has 65 heavy (non-hydrogen) atoms. The molecule has 0 spiro atoms. The van der Waals surface area contributed by atoms with E-state index in [0.717, 1.165) is 99.7 Å². The van der Waals surface area contributed by atoms with Crippen LogP contribution in [0, 0.1) is 13.8 Å². The number of aromatic nitrogens is 12. The predicted molar refractivity (Wildman–Crippen MR) is 265 cm³/mol. The van der Waals surface area contributed by atoms with Crippen LogP contribution < -0.4 is 22.0 Å². The van der Waals surface area contributed by atoms with E-state index in [1.54, 1.807) is 69.5 Å². The van der Waals surface area contributed by atoms with Gasteiger partial charge < -0.3 is 19.7 Å². The smallest absolute Gasteiger partial charge is 0.330 e. The van der Waals surface area contributed by atoms with E-state index in [1.807, 2.05) is 64.5 Å². The quantitative estimate of drug-likeness (QED) is 0.124. The highest BCUT2D eigenvalue weighted by molar-refractivity contribution is 8.28. The summed E-state index contributed by atoms with van der Waals surface area (Å²) >= 11 is 0. The van der Waals surface area contributed by atoms with Crippen LogP contribution in [0.2, 0.25) is 0 Å². The summed E-state index contributed by atoms with van der Waals surface area (Å²) in [4.78, 5) is 61.9. The van der Waals surface area contributed by atoms with Crippen LogP contribution in [-0.2, 0) is 14.1 Å². The molecule has 18 nitrogen and oxygen atoms in total. The molecule has 0 amide bonds. The third kappa shape index (κ3) is 9.43. The zero-order chi connectivity index (χ0) is 46.2. The fraction of sp³-hybridized carbons (Fsp3) is 0.422. The SMILES string of the molecule is CC.Cc1cc2nccnc2cc1Nc1ncc2c(n1)n(C1CCCS(C)(O)CC1)c(=O)n2C.Cc1cc2nccnc2cc1Nc1ncc2c(n1)n(C1CCS(C)(O)CC1)c(=O)n2C. The molecule has 2 unspecified atom stereocenters. The highest BCUT2D eigenvalue weighted by Crippen LogP contribution is 2.48. The summed E-state index contributed by atoms with van der Waals surface area (Å²) < 4.78 is 27.7. The fourth-order valence-corrected chi connectivity index (χ4v) is 12.1. The molecule has 0 radical (unpaired) electrons. The van der Waals surface area contributed by atoms with Gasteiger partial charge in [-0.25, -0.2) is 19.6 Å². The lowest BCUT2D eigenvalue weighted by Crippen LogP contribution is -2.31. The molecular formula is C45H58N14O4S2. The van der Waals surface area contributed by atoms with E-state index in [0.29, 0.717) is 34.2 Å². The van der Waals surface area contributed by atoms with Gasteiger partial charge in [0, 0.05) is 79.6 Å². The number of nitrogens with one attached hydrogen (secondary N) is 2. The van der Waals surface area contributed by atoms with Gasteiger partial charge in [0.25, 0.3) is 0 Å². The number of nitrogens with zero attached hydrogens (tertiary/aromatic N) is 12. The number of anilines is 4. The third-order valence-corrected chi connectivity index (χ3v) is 16.8. The van der Waals surface area contributed by atoms with E-state index in [1.165, 1.54) is 0 Å². The maximum Gasteiger partial charge on any atom is 0.330 e. The van der Waals surface area contributed by atoms with Crippen molar-refractivity contribution >= 4 is 88.3 Å². The van der Waals surface area contributed by atoms with Crippen molar-refractivity contribution in [2.45, 2.75) is 71.9 Å². The van der Waals surface area contributed by atoms with E-state index in [4.69, 9.17) is 9.97 Å². The van der Waals surface area contributed by atoms with Crippen LogP contribution in [0.15, 0.2) is 71.0 Å². The number of aryl methyl sites for hydroxylation is 4. The van der Waals surface area contributed by atoms with Crippen LogP contribution in [0.25, 0.3) is 44.4 Å². The molecule has 2 saturated heterocycles. The van der Waals surface area contributed by atoms with Gasteiger partial charge in [0.15, 0.2) is 11.3 Å². The highest BCUT2D eigenvalue weighted by Gasteiger charge is 2.30. The van der Waals surface area contributed by atoms with Crippen LogP contribution in [0.5, 0.6) is 0 Å². The highest BCUT2D eigenvalue weighted by atomic mass is 32.3. The Morgan fingerprint density at radius 1 is 0.569 bits per heavy atom. The zero-order valence-corrected chi connectivity index (χ0v) is 39.8. The molecule has 0 saturated carbocycles. The van der Waals surface area contributed by atoms with Gasteiger partial charge in [0.1, 0.15) is 11.0 Å². The van der Waals surface area contributed by atoms with Gasteiger partial charge in [-0.15, -0.1) is 20.6 Å². The van der Waals surface area contributed by atoms with Crippen molar-refractivity contribution in [2.24, 2.45) is 14.1 Å². The normalized spacial score (nSPS) is 23.0. The molecular weight excluding hydrogens is 865 g/mol. The van der Waals surface area contributed by atoms with Crippen molar-refractivity contribution in [3.63, 3.8) is 0 Å². The molecule has 2 atom stereocenters. The Morgan fingerprint density at radius 3 is 1.35 bits per heavy atom. The zero-order valence-electron chi connectivity index (χ0n) is 38.2. The average molecular weight is 923 g/mol.